The van der Waals surface area contributed by atoms with Gasteiger partial charge in [0.05, 0.1) is 6.04 Å². The number of benzene rings is 1. The van der Waals surface area contributed by atoms with Crippen LogP contribution in [0.4, 0.5) is 4.39 Å². The lowest BCUT2D eigenvalue weighted by Gasteiger charge is -2.00. The summed E-state index contributed by atoms with van der Waals surface area (Å²) in [5.74, 6) is 0.455. The quantitative estimate of drug-likeness (QED) is 0.844. The van der Waals surface area contributed by atoms with Gasteiger partial charge in [-0.25, -0.2) is 4.39 Å². The van der Waals surface area contributed by atoms with Gasteiger partial charge in [-0.15, -0.1) is 10.2 Å². The molecule has 0 aliphatic heterocycles. The first-order chi connectivity index (χ1) is 7.58. The lowest BCUT2D eigenvalue weighted by Crippen LogP contribution is -2.04. The first-order valence-electron chi connectivity index (χ1n) is 4.93. The summed E-state index contributed by atoms with van der Waals surface area (Å²) in [7, 11) is 0. The Labute approximate surface area is 92.3 Å². The Morgan fingerprint density at radius 1 is 1.38 bits per heavy atom. The molecule has 5 heteroatoms. The van der Waals surface area contributed by atoms with Crippen molar-refractivity contribution < 1.29 is 8.81 Å². The van der Waals surface area contributed by atoms with Crippen LogP contribution in [-0.2, 0) is 0 Å². The summed E-state index contributed by atoms with van der Waals surface area (Å²) >= 11 is 0. The number of nitrogens with two attached hydrogens (primary N) is 1. The average Bonchev–Trinajstić information content (AvgIpc) is 2.66. The van der Waals surface area contributed by atoms with Crippen molar-refractivity contribution in [2.45, 2.75) is 19.9 Å². The SMILES string of the molecule is Cc1cc(F)ccc1-c1nnc(C(C)N)o1. The second kappa shape index (κ2) is 4.02. The third-order valence-corrected chi connectivity index (χ3v) is 2.25. The third-order valence-electron chi connectivity index (χ3n) is 2.25. The molecule has 1 heterocycles. The number of aryl methyl sites for hydroxylation is 1. The molecule has 4 nitrogen and oxygen atoms in total. The molecule has 0 saturated carbocycles. The zero-order chi connectivity index (χ0) is 11.7. The smallest absolute Gasteiger partial charge is 0.248 e. The average molecular weight is 221 g/mol. The Kier molecular flexibility index (Phi) is 2.70. The number of rotatable bonds is 2. The standard InChI is InChI=1S/C11H12FN3O/c1-6-5-8(12)3-4-9(6)11-15-14-10(16-11)7(2)13/h3-5,7H,13H2,1-2H3. The highest BCUT2D eigenvalue weighted by Crippen LogP contribution is 2.23. The summed E-state index contributed by atoms with van der Waals surface area (Å²) in [6.07, 6.45) is 0. The Bertz CT molecular complexity index is 508. The second-order valence-corrected chi connectivity index (χ2v) is 3.69. The largest absolute Gasteiger partial charge is 0.419 e. The van der Waals surface area contributed by atoms with Crippen molar-refractivity contribution in [3.63, 3.8) is 0 Å². The first-order valence-corrected chi connectivity index (χ1v) is 4.93. The molecule has 0 bridgehead atoms. The minimum atomic E-state index is -0.304. The number of hydrogen-bond acceptors (Lipinski definition) is 4. The van der Waals surface area contributed by atoms with E-state index in [4.69, 9.17) is 10.2 Å². The molecule has 0 fully saturated rings. The van der Waals surface area contributed by atoms with Gasteiger partial charge in [0.2, 0.25) is 11.8 Å². The van der Waals surface area contributed by atoms with Gasteiger partial charge in [0.25, 0.3) is 0 Å². The van der Waals surface area contributed by atoms with Gasteiger partial charge in [-0.3, -0.25) is 0 Å². The van der Waals surface area contributed by atoms with Gasteiger partial charge in [0.1, 0.15) is 5.82 Å². The molecule has 1 unspecified atom stereocenters. The molecule has 16 heavy (non-hydrogen) atoms. The Hall–Kier alpha value is -1.75. The maximum absolute atomic E-state index is 12.9. The van der Waals surface area contributed by atoms with Crippen molar-refractivity contribution in [3.8, 4) is 11.5 Å². The van der Waals surface area contributed by atoms with E-state index in [0.29, 0.717) is 11.8 Å². The van der Waals surface area contributed by atoms with Crippen molar-refractivity contribution in [1.29, 1.82) is 0 Å². The normalized spacial score (nSPS) is 12.8. The molecule has 0 aliphatic rings. The number of hydrogen-bond donors (Lipinski definition) is 1. The van der Waals surface area contributed by atoms with E-state index in [2.05, 4.69) is 10.2 Å². The lowest BCUT2D eigenvalue weighted by atomic mass is 10.1. The van der Waals surface area contributed by atoms with Crippen LogP contribution in [0.3, 0.4) is 0 Å². The van der Waals surface area contributed by atoms with Crippen LogP contribution < -0.4 is 5.73 Å². The Balaban J connectivity index is 2.42. The van der Waals surface area contributed by atoms with Crippen LogP contribution in [0.5, 0.6) is 0 Å². The van der Waals surface area contributed by atoms with Gasteiger partial charge in [-0.1, -0.05) is 0 Å². The van der Waals surface area contributed by atoms with Crippen LogP contribution in [-0.4, -0.2) is 10.2 Å². The topological polar surface area (TPSA) is 64.9 Å². The Morgan fingerprint density at radius 3 is 2.69 bits per heavy atom. The summed E-state index contributed by atoms with van der Waals surface area (Å²) in [4.78, 5) is 0. The summed E-state index contributed by atoms with van der Waals surface area (Å²) in [6.45, 7) is 3.54. The molecule has 84 valence electrons. The molecule has 0 saturated heterocycles. The molecule has 2 rings (SSSR count). The van der Waals surface area contributed by atoms with Crippen molar-refractivity contribution in [2.24, 2.45) is 5.73 Å². The van der Waals surface area contributed by atoms with Gasteiger partial charge in [-0.2, -0.15) is 0 Å². The maximum atomic E-state index is 12.9. The fourth-order valence-corrected chi connectivity index (χ4v) is 1.39. The van der Waals surface area contributed by atoms with Gasteiger partial charge in [-0.05, 0) is 37.6 Å². The molecule has 1 aromatic carbocycles. The summed E-state index contributed by atoms with van der Waals surface area (Å²) in [5.41, 5.74) is 7.08. The first kappa shape index (κ1) is 10.8. The zero-order valence-electron chi connectivity index (χ0n) is 9.07. The molecule has 1 aromatic heterocycles. The van der Waals surface area contributed by atoms with Crippen LogP contribution in [0.2, 0.25) is 0 Å². The molecular weight excluding hydrogens is 209 g/mol. The molecule has 2 N–H and O–H groups in total. The third kappa shape index (κ3) is 1.94. The fraction of sp³-hybridized carbons (Fsp3) is 0.273. The lowest BCUT2D eigenvalue weighted by molar-refractivity contribution is 0.473. The second-order valence-electron chi connectivity index (χ2n) is 3.69. The van der Waals surface area contributed by atoms with E-state index in [1.807, 2.05) is 0 Å². The van der Waals surface area contributed by atoms with Gasteiger partial charge >= 0.3 is 0 Å². The van der Waals surface area contributed by atoms with E-state index in [1.165, 1.54) is 12.1 Å². The minimum absolute atomic E-state index is 0.284. The number of aromatic nitrogens is 2. The highest BCUT2D eigenvalue weighted by Gasteiger charge is 2.13. The van der Waals surface area contributed by atoms with Crippen LogP contribution in [0.1, 0.15) is 24.4 Å². The Morgan fingerprint density at radius 2 is 2.12 bits per heavy atom. The van der Waals surface area contributed by atoms with Crippen LogP contribution in [0, 0.1) is 12.7 Å². The monoisotopic (exact) mass is 221 g/mol. The van der Waals surface area contributed by atoms with Crippen molar-refractivity contribution in [2.75, 3.05) is 0 Å². The molecule has 0 radical (unpaired) electrons. The van der Waals surface area contributed by atoms with Crippen LogP contribution >= 0.6 is 0 Å². The molecule has 1 atom stereocenters. The number of nitrogens with zero attached hydrogens (tertiary/aromatic N) is 2. The van der Waals surface area contributed by atoms with Crippen molar-refractivity contribution >= 4 is 0 Å². The van der Waals surface area contributed by atoms with Gasteiger partial charge in [0, 0.05) is 5.56 Å². The summed E-state index contributed by atoms with van der Waals surface area (Å²) < 4.78 is 18.3. The molecule has 0 aliphatic carbocycles. The molecule has 0 spiro atoms. The molecule has 2 aromatic rings. The van der Waals surface area contributed by atoms with Crippen LogP contribution in [0.15, 0.2) is 22.6 Å². The molecular formula is C11H12FN3O. The van der Waals surface area contributed by atoms with E-state index in [0.717, 1.165) is 11.1 Å². The van der Waals surface area contributed by atoms with E-state index in [-0.39, 0.29) is 11.9 Å². The predicted octanol–water partition coefficient (Wildman–Crippen LogP) is 2.20. The fourth-order valence-electron chi connectivity index (χ4n) is 1.39. The van der Waals surface area contributed by atoms with Gasteiger partial charge in [0.15, 0.2) is 0 Å². The zero-order valence-corrected chi connectivity index (χ0v) is 9.07. The van der Waals surface area contributed by atoms with E-state index in [9.17, 15) is 4.39 Å². The number of halogens is 1. The van der Waals surface area contributed by atoms with Crippen molar-refractivity contribution in [1.82, 2.24) is 10.2 Å². The minimum Gasteiger partial charge on any atom is -0.419 e. The van der Waals surface area contributed by atoms with E-state index < -0.39 is 0 Å². The highest BCUT2D eigenvalue weighted by molar-refractivity contribution is 5.57. The van der Waals surface area contributed by atoms with Gasteiger partial charge < -0.3 is 10.2 Å². The predicted molar refractivity (Wildman–Crippen MR) is 57.0 cm³/mol. The van der Waals surface area contributed by atoms with E-state index in [1.54, 1.807) is 19.9 Å². The molecule has 0 amide bonds. The van der Waals surface area contributed by atoms with Crippen LogP contribution in [0.25, 0.3) is 11.5 Å². The highest BCUT2D eigenvalue weighted by atomic mass is 19.1. The summed E-state index contributed by atoms with van der Waals surface area (Å²) in [6, 6.07) is 4.09. The van der Waals surface area contributed by atoms with E-state index >= 15 is 0 Å². The maximum Gasteiger partial charge on any atom is 0.248 e. The summed E-state index contributed by atoms with van der Waals surface area (Å²) in [5, 5.41) is 7.70. The van der Waals surface area contributed by atoms with Crippen molar-refractivity contribution in [3.05, 3.63) is 35.5 Å².